The first-order valence-electron chi connectivity index (χ1n) is 10.2. The van der Waals surface area contributed by atoms with E-state index < -0.39 is 5.92 Å². The van der Waals surface area contributed by atoms with Crippen LogP contribution in [-0.2, 0) is 17.9 Å². The number of nitriles is 1. The van der Waals surface area contributed by atoms with Crippen molar-refractivity contribution in [2.45, 2.75) is 40.3 Å². The number of benzene rings is 1. The summed E-state index contributed by atoms with van der Waals surface area (Å²) >= 11 is 0. The van der Waals surface area contributed by atoms with Gasteiger partial charge in [0.2, 0.25) is 5.91 Å². The Kier molecular flexibility index (Phi) is 6.09. The number of fused-ring (bicyclic) bond motifs is 1. The summed E-state index contributed by atoms with van der Waals surface area (Å²) in [5.74, 6) is 0.0519. The van der Waals surface area contributed by atoms with Gasteiger partial charge in [-0.05, 0) is 36.7 Å². The van der Waals surface area contributed by atoms with Crippen LogP contribution >= 0.6 is 0 Å². The maximum Gasteiger partial charge on any atom is 0.223 e. The molecular weight excluding hydrogens is 378 g/mol. The number of amides is 1. The number of nitrogens with zero attached hydrogens (tertiary/aromatic N) is 4. The number of ketones is 1. The summed E-state index contributed by atoms with van der Waals surface area (Å²) in [6.45, 7) is 8.14. The lowest BCUT2D eigenvalue weighted by molar-refractivity contribution is -0.127. The predicted molar refractivity (Wildman–Crippen MR) is 115 cm³/mol. The number of likely N-dealkylation sites (N-methyl/N-ethyl adjacent to an activating group) is 1. The molecule has 0 spiro atoms. The Hall–Kier alpha value is -2.98. The van der Waals surface area contributed by atoms with Crippen LogP contribution in [0.2, 0.25) is 0 Å². The van der Waals surface area contributed by atoms with E-state index in [0.29, 0.717) is 17.8 Å². The topological polar surface area (TPSA) is 91.0 Å². The molecule has 1 aromatic heterocycles. The summed E-state index contributed by atoms with van der Waals surface area (Å²) in [5, 5.41) is 11.7. The maximum absolute atomic E-state index is 13.3. The third kappa shape index (κ3) is 4.29. The Morgan fingerprint density at radius 2 is 1.90 bits per heavy atom. The molecule has 0 radical (unpaired) electrons. The first-order valence-corrected chi connectivity index (χ1v) is 10.2. The molecule has 1 aromatic carbocycles. The van der Waals surface area contributed by atoms with Crippen LogP contribution in [0.15, 0.2) is 24.3 Å². The molecule has 0 bridgehead atoms. The molecule has 0 unspecified atom stereocenters. The Morgan fingerprint density at radius 3 is 2.47 bits per heavy atom. The van der Waals surface area contributed by atoms with Crippen LogP contribution in [0, 0.1) is 22.7 Å². The Balaban J connectivity index is 2.02. The molecule has 1 aliphatic heterocycles. The second-order valence-corrected chi connectivity index (χ2v) is 8.97. The van der Waals surface area contributed by atoms with Gasteiger partial charge in [0.1, 0.15) is 11.5 Å². The van der Waals surface area contributed by atoms with E-state index in [4.69, 9.17) is 10.2 Å². The molecule has 1 N–H and O–H groups in total. The summed E-state index contributed by atoms with van der Waals surface area (Å²) in [7, 11) is 3.62. The number of carbonyl (C=O) groups excluding carboxylic acids is 2. The lowest BCUT2D eigenvalue weighted by Gasteiger charge is -2.29. The second-order valence-electron chi connectivity index (χ2n) is 8.97. The molecule has 7 heteroatoms. The van der Waals surface area contributed by atoms with Crippen LogP contribution in [0.5, 0.6) is 0 Å². The molecule has 2 aromatic rings. The number of aromatic nitrogens is 2. The molecule has 0 fully saturated rings. The van der Waals surface area contributed by atoms with Gasteiger partial charge in [0.25, 0.3) is 0 Å². The molecule has 3 rings (SSSR count). The largest absolute Gasteiger partial charge is 0.359 e. The van der Waals surface area contributed by atoms with Crippen LogP contribution in [0.4, 0.5) is 0 Å². The fourth-order valence-electron chi connectivity index (χ4n) is 3.88. The van der Waals surface area contributed by atoms with Crippen molar-refractivity contribution in [3.63, 3.8) is 0 Å². The summed E-state index contributed by atoms with van der Waals surface area (Å²) < 4.78 is 2.10. The van der Waals surface area contributed by atoms with Gasteiger partial charge in [-0.2, -0.15) is 5.26 Å². The molecule has 0 saturated heterocycles. The van der Waals surface area contributed by atoms with E-state index >= 15 is 0 Å². The highest BCUT2D eigenvalue weighted by molar-refractivity contribution is 5.99. The standard InChI is InChI=1S/C23H29N5O2/c1-23(2,3)17(22(30)25-4)12-19(29)20-18-14-27(5)10-11-28(18)21(26-20)16-8-6-15(13-24)7-9-16/h6-9,17H,10-12,14H2,1-5H3,(H,25,30)/t17-/m1/s1. The zero-order valence-corrected chi connectivity index (χ0v) is 18.3. The van der Waals surface area contributed by atoms with Crippen molar-refractivity contribution >= 4 is 11.7 Å². The van der Waals surface area contributed by atoms with E-state index in [1.807, 2.05) is 40.0 Å². The van der Waals surface area contributed by atoms with Crippen molar-refractivity contribution in [2.75, 3.05) is 20.6 Å². The fraction of sp³-hybridized carbons (Fsp3) is 0.478. The SMILES string of the molecule is CNC(=O)[C@@H](CC(=O)c1nc(-c2ccc(C#N)cc2)n2c1CN(C)CC2)C(C)(C)C. The molecule has 30 heavy (non-hydrogen) atoms. The van der Waals surface area contributed by atoms with Gasteiger partial charge in [0, 0.05) is 38.7 Å². The predicted octanol–water partition coefficient (Wildman–Crippen LogP) is 2.85. The third-order valence-corrected chi connectivity index (χ3v) is 5.73. The highest BCUT2D eigenvalue weighted by Gasteiger charge is 2.35. The molecule has 1 aliphatic rings. The minimum Gasteiger partial charge on any atom is -0.359 e. The van der Waals surface area contributed by atoms with E-state index in [0.717, 1.165) is 30.2 Å². The fourth-order valence-corrected chi connectivity index (χ4v) is 3.88. The second kappa shape index (κ2) is 8.41. The van der Waals surface area contributed by atoms with Crippen LogP contribution in [-0.4, -0.2) is 46.8 Å². The van der Waals surface area contributed by atoms with E-state index in [1.54, 1.807) is 19.2 Å². The Labute approximate surface area is 177 Å². The summed E-state index contributed by atoms with van der Waals surface area (Å²) in [4.78, 5) is 32.7. The number of imidazole rings is 1. The molecule has 158 valence electrons. The number of hydrogen-bond acceptors (Lipinski definition) is 5. The average Bonchev–Trinajstić information content (AvgIpc) is 3.09. The molecular formula is C23H29N5O2. The zero-order valence-electron chi connectivity index (χ0n) is 18.3. The van der Waals surface area contributed by atoms with E-state index in [-0.39, 0.29) is 23.5 Å². The van der Waals surface area contributed by atoms with Gasteiger partial charge in [-0.15, -0.1) is 0 Å². The molecule has 1 amide bonds. The Bertz CT molecular complexity index is 992. The van der Waals surface area contributed by atoms with Crippen molar-refractivity contribution in [1.82, 2.24) is 19.8 Å². The van der Waals surface area contributed by atoms with Gasteiger partial charge in [-0.25, -0.2) is 4.98 Å². The molecule has 2 heterocycles. The lowest BCUT2D eigenvalue weighted by atomic mass is 9.77. The van der Waals surface area contributed by atoms with E-state index in [2.05, 4.69) is 20.9 Å². The van der Waals surface area contributed by atoms with E-state index in [1.165, 1.54) is 0 Å². The van der Waals surface area contributed by atoms with Gasteiger partial charge in [0.15, 0.2) is 5.78 Å². The smallest absolute Gasteiger partial charge is 0.223 e. The maximum atomic E-state index is 13.3. The number of rotatable bonds is 5. The van der Waals surface area contributed by atoms with Crippen molar-refractivity contribution in [3.05, 3.63) is 41.2 Å². The number of carbonyl (C=O) groups is 2. The lowest BCUT2D eigenvalue weighted by Crippen LogP contribution is -2.38. The quantitative estimate of drug-likeness (QED) is 0.770. The van der Waals surface area contributed by atoms with Crippen LogP contribution in [0.3, 0.4) is 0 Å². The minimum absolute atomic E-state index is 0.113. The zero-order chi connectivity index (χ0) is 22.1. The summed E-state index contributed by atoms with van der Waals surface area (Å²) in [6.07, 6.45) is 0.115. The van der Waals surface area contributed by atoms with Gasteiger partial charge in [0.05, 0.1) is 23.2 Å². The highest BCUT2D eigenvalue weighted by atomic mass is 16.2. The third-order valence-electron chi connectivity index (χ3n) is 5.73. The van der Waals surface area contributed by atoms with Gasteiger partial charge in [-0.1, -0.05) is 20.8 Å². The van der Waals surface area contributed by atoms with Crippen LogP contribution in [0.25, 0.3) is 11.4 Å². The van der Waals surface area contributed by atoms with Crippen molar-refractivity contribution < 1.29 is 9.59 Å². The number of Topliss-reactive ketones (excluding diaryl/α,β-unsaturated/α-hetero) is 1. The summed E-state index contributed by atoms with van der Waals surface area (Å²) in [5.41, 5.74) is 2.44. The highest BCUT2D eigenvalue weighted by Crippen LogP contribution is 2.32. The first-order chi connectivity index (χ1) is 14.2. The number of nitrogens with one attached hydrogen (secondary N) is 1. The van der Waals surface area contributed by atoms with Gasteiger partial charge < -0.3 is 9.88 Å². The Morgan fingerprint density at radius 1 is 1.23 bits per heavy atom. The normalized spacial score (nSPS) is 15.2. The van der Waals surface area contributed by atoms with Crippen LogP contribution < -0.4 is 5.32 Å². The van der Waals surface area contributed by atoms with Crippen molar-refractivity contribution in [1.29, 1.82) is 5.26 Å². The monoisotopic (exact) mass is 407 g/mol. The van der Waals surface area contributed by atoms with Crippen molar-refractivity contribution in [2.24, 2.45) is 11.3 Å². The number of hydrogen-bond donors (Lipinski definition) is 1. The van der Waals surface area contributed by atoms with Crippen molar-refractivity contribution in [3.8, 4) is 17.5 Å². The average molecular weight is 408 g/mol. The van der Waals surface area contributed by atoms with Gasteiger partial charge in [-0.3, -0.25) is 14.5 Å². The van der Waals surface area contributed by atoms with Gasteiger partial charge >= 0.3 is 0 Å². The van der Waals surface area contributed by atoms with E-state index in [9.17, 15) is 9.59 Å². The minimum atomic E-state index is -0.438. The first kappa shape index (κ1) is 21.7. The summed E-state index contributed by atoms with van der Waals surface area (Å²) in [6, 6.07) is 9.37. The molecule has 0 saturated carbocycles. The van der Waals surface area contributed by atoms with Crippen LogP contribution in [0.1, 0.15) is 48.9 Å². The molecule has 1 atom stereocenters. The molecule has 0 aliphatic carbocycles. The molecule has 7 nitrogen and oxygen atoms in total.